The van der Waals surface area contributed by atoms with E-state index in [-0.39, 0.29) is 18.3 Å². The normalized spacial score (nSPS) is 17.6. The van der Waals surface area contributed by atoms with Gasteiger partial charge in [0, 0.05) is 31.7 Å². The van der Waals surface area contributed by atoms with Crippen molar-refractivity contribution in [2.24, 2.45) is 5.92 Å². The summed E-state index contributed by atoms with van der Waals surface area (Å²) in [6.45, 7) is 4.94. The van der Waals surface area contributed by atoms with E-state index >= 15 is 0 Å². The number of methoxy groups -OCH3 is 4. The fraction of sp³-hybridized carbons (Fsp3) is 0.552. The van der Waals surface area contributed by atoms with E-state index in [0.717, 1.165) is 81.0 Å². The maximum absolute atomic E-state index is 13.1. The van der Waals surface area contributed by atoms with E-state index in [1.807, 2.05) is 23.1 Å². The van der Waals surface area contributed by atoms with Crippen LogP contribution in [0.1, 0.15) is 47.2 Å². The number of benzene rings is 2. The Morgan fingerprint density at radius 3 is 2.30 bits per heavy atom. The van der Waals surface area contributed by atoms with Crippen LogP contribution in [-0.4, -0.2) is 76.9 Å². The fourth-order valence-corrected chi connectivity index (χ4v) is 5.55. The molecule has 1 atom stereocenters. The van der Waals surface area contributed by atoms with E-state index in [9.17, 15) is 4.79 Å². The summed E-state index contributed by atoms with van der Waals surface area (Å²) in [5.41, 5.74) is 3.07. The Morgan fingerprint density at radius 1 is 0.865 bits per heavy atom. The molecule has 4 rings (SSSR count). The zero-order chi connectivity index (χ0) is 25.5. The van der Waals surface area contributed by atoms with Crippen LogP contribution in [0.15, 0.2) is 30.3 Å². The molecule has 7 nitrogen and oxygen atoms in total. The first kappa shape index (κ1) is 28.9. The van der Waals surface area contributed by atoms with E-state index in [1.54, 1.807) is 28.4 Å². The van der Waals surface area contributed by atoms with Gasteiger partial charge in [-0.15, -0.1) is 12.4 Å². The van der Waals surface area contributed by atoms with Crippen LogP contribution in [0.2, 0.25) is 0 Å². The third kappa shape index (κ3) is 7.02. The van der Waals surface area contributed by atoms with Gasteiger partial charge in [0.25, 0.3) is 5.91 Å². The minimum atomic E-state index is 0. The predicted octanol–water partition coefficient (Wildman–Crippen LogP) is 4.88. The molecular formula is C29H41ClN2O5. The smallest absolute Gasteiger partial charge is 0.254 e. The van der Waals surface area contributed by atoms with Crippen LogP contribution in [0.5, 0.6) is 23.0 Å². The van der Waals surface area contributed by atoms with Gasteiger partial charge in [-0.05, 0) is 86.4 Å². The molecule has 0 bridgehead atoms. The lowest BCUT2D eigenvalue weighted by molar-refractivity contribution is 0.0730. The maximum atomic E-state index is 13.1. The van der Waals surface area contributed by atoms with Crippen molar-refractivity contribution in [1.29, 1.82) is 0 Å². The summed E-state index contributed by atoms with van der Waals surface area (Å²) < 4.78 is 21.6. The van der Waals surface area contributed by atoms with Gasteiger partial charge in [-0.25, -0.2) is 0 Å². The summed E-state index contributed by atoms with van der Waals surface area (Å²) in [5, 5.41) is 0. The van der Waals surface area contributed by atoms with Crippen molar-refractivity contribution in [1.82, 2.24) is 9.80 Å². The molecule has 2 heterocycles. The van der Waals surface area contributed by atoms with Crippen molar-refractivity contribution in [3.05, 3.63) is 47.0 Å². The number of carbonyl (C=O) groups excluding carboxylic acids is 1. The minimum absolute atomic E-state index is 0. The van der Waals surface area contributed by atoms with E-state index in [2.05, 4.69) is 17.0 Å². The minimum Gasteiger partial charge on any atom is -0.493 e. The van der Waals surface area contributed by atoms with Gasteiger partial charge < -0.3 is 28.7 Å². The second-order valence-corrected chi connectivity index (χ2v) is 9.80. The third-order valence-corrected chi connectivity index (χ3v) is 7.59. The molecule has 0 saturated carbocycles. The molecule has 1 unspecified atom stereocenters. The predicted molar refractivity (Wildman–Crippen MR) is 148 cm³/mol. The Kier molecular flexibility index (Phi) is 10.8. The Bertz CT molecular complexity index is 1050. The average Bonchev–Trinajstić information content (AvgIpc) is 2.92. The molecule has 204 valence electrons. The van der Waals surface area contributed by atoms with E-state index < -0.39 is 0 Å². The molecule has 0 aromatic heterocycles. The van der Waals surface area contributed by atoms with Crippen LogP contribution in [-0.2, 0) is 12.8 Å². The number of piperidine rings is 1. The van der Waals surface area contributed by atoms with Gasteiger partial charge in [-0.3, -0.25) is 4.79 Å². The fourth-order valence-electron chi connectivity index (χ4n) is 5.55. The second kappa shape index (κ2) is 13.8. The Hall–Kier alpha value is -2.64. The lowest BCUT2D eigenvalue weighted by atomic mass is 9.92. The van der Waals surface area contributed by atoms with Crippen LogP contribution >= 0.6 is 12.4 Å². The third-order valence-electron chi connectivity index (χ3n) is 7.59. The second-order valence-electron chi connectivity index (χ2n) is 9.80. The lowest BCUT2D eigenvalue weighted by Gasteiger charge is -2.34. The highest BCUT2D eigenvalue weighted by atomic mass is 35.5. The monoisotopic (exact) mass is 532 g/mol. The summed E-state index contributed by atoms with van der Waals surface area (Å²) in [6.07, 6.45) is 6.59. The molecule has 8 heteroatoms. The molecular weight excluding hydrogens is 492 g/mol. The number of likely N-dealkylation sites (tertiary alicyclic amines) is 1. The average molecular weight is 533 g/mol. The zero-order valence-electron chi connectivity index (χ0n) is 22.6. The number of hydrogen-bond donors (Lipinski definition) is 0. The van der Waals surface area contributed by atoms with Crippen molar-refractivity contribution >= 4 is 18.3 Å². The largest absolute Gasteiger partial charge is 0.493 e. The van der Waals surface area contributed by atoms with Gasteiger partial charge in [-0.2, -0.15) is 0 Å². The van der Waals surface area contributed by atoms with E-state index in [4.69, 9.17) is 18.9 Å². The molecule has 0 N–H and O–H groups in total. The molecule has 37 heavy (non-hydrogen) atoms. The number of hydrogen-bond acceptors (Lipinski definition) is 6. The van der Waals surface area contributed by atoms with Crippen molar-refractivity contribution in [2.45, 2.75) is 38.5 Å². The molecule has 1 fully saturated rings. The first-order chi connectivity index (χ1) is 17.6. The molecule has 0 aliphatic carbocycles. The summed E-state index contributed by atoms with van der Waals surface area (Å²) in [7, 11) is 6.58. The van der Waals surface area contributed by atoms with Gasteiger partial charge in [0.05, 0.1) is 28.4 Å². The standard InChI is InChI=1S/C29H40N2O5.ClH/c1-33-25-10-9-21(17-26(25)34-2)11-15-30-13-5-7-22(20-30)8-6-14-31-16-12-23-18-27(35-3)28(36-4)19-24(23)29(31)32;/h9-10,17-19,22H,5-8,11-16,20H2,1-4H3;1H. The topological polar surface area (TPSA) is 60.5 Å². The SMILES string of the molecule is COc1ccc(CCN2CCCC(CCCN3CCc4cc(OC)c(OC)cc4C3=O)C2)cc1OC.Cl. The highest BCUT2D eigenvalue weighted by Crippen LogP contribution is 2.33. The Balaban J connectivity index is 0.00000380. The number of halogens is 1. The molecule has 2 aliphatic heterocycles. The molecule has 0 spiro atoms. The Morgan fingerprint density at radius 2 is 1.57 bits per heavy atom. The number of nitrogens with zero attached hydrogens (tertiary/aromatic N) is 2. The Labute approximate surface area is 227 Å². The molecule has 2 aliphatic rings. The highest BCUT2D eigenvalue weighted by Gasteiger charge is 2.27. The molecule has 2 aromatic rings. The first-order valence-corrected chi connectivity index (χ1v) is 13.0. The van der Waals surface area contributed by atoms with Crippen LogP contribution in [0.25, 0.3) is 0 Å². The molecule has 1 saturated heterocycles. The van der Waals surface area contributed by atoms with Gasteiger partial charge in [-0.1, -0.05) is 6.07 Å². The van der Waals surface area contributed by atoms with Gasteiger partial charge >= 0.3 is 0 Å². The highest BCUT2D eigenvalue weighted by molar-refractivity contribution is 5.97. The zero-order valence-corrected chi connectivity index (χ0v) is 23.4. The van der Waals surface area contributed by atoms with Gasteiger partial charge in [0.1, 0.15) is 0 Å². The molecule has 0 radical (unpaired) electrons. The number of carbonyl (C=O) groups is 1. The van der Waals surface area contributed by atoms with Crippen LogP contribution in [0.4, 0.5) is 0 Å². The number of fused-ring (bicyclic) bond motifs is 1. The van der Waals surface area contributed by atoms with Crippen LogP contribution in [0, 0.1) is 5.92 Å². The van der Waals surface area contributed by atoms with Crippen LogP contribution < -0.4 is 18.9 Å². The van der Waals surface area contributed by atoms with Crippen molar-refractivity contribution < 1.29 is 23.7 Å². The first-order valence-electron chi connectivity index (χ1n) is 13.0. The molecule has 1 amide bonds. The van der Waals surface area contributed by atoms with Crippen molar-refractivity contribution in [3.63, 3.8) is 0 Å². The van der Waals surface area contributed by atoms with Crippen LogP contribution in [0.3, 0.4) is 0 Å². The summed E-state index contributed by atoms with van der Waals surface area (Å²) in [5.74, 6) is 3.67. The lowest BCUT2D eigenvalue weighted by Crippen LogP contribution is -2.39. The van der Waals surface area contributed by atoms with E-state index in [0.29, 0.717) is 17.4 Å². The summed E-state index contributed by atoms with van der Waals surface area (Å²) in [6, 6.07) is 9.98. The quantitative estimate of drug-likeness (QED) is 0.411. The number of rotatable bonds is 11. The molecule has 2 aromatic carbocycles. The summed E-state index contributed by atoms with van der Waals surface area (Å²) >= 11 is 0. The number of amides is 1. The number of ether oxygens (including phenoxy) is 4. The van der Waals surface area contributed by atoms with Crippen molar-refractivity contribution in [3.8, 4) is 23.0 Å². The van der Waals surface area contributed by atoms with Crippen molar-refractivity contribution in [2.75, 3.05) is 61.2 Å². The summed E-state index contributed by atoms with van der Waals surface area (Å²) in [4.78, 5) is 17.7. The van der Waals surface area contributed by atoms with Gasteiger partial charge in [0.2, 0.25) is 0 Å². The van der Waals surface area contributed by atoms with Gasteiger partial charge in [0.15, 0.2) is 23.0 Å². The van der Waals surface area contributed by atoms with E-state index in [1.165, 1.54) is 18.4 Å². The maximum Gasteiger partial charge on any atom is 0.254 e.